The molecule has 0 saturated heterocycles. The molecule has 29 heavy (non-hydrogen) atoms. The van der Waals surface area contributed by atoms with E-state index in [4.69, 9.17) is 11.6 Å². The monoisotopic (exact) mass is 407 g/mol. The first-order valence-electron chi connectivity index (χ1n) is 8.98. The second kappa shape index (κ2) is 7.52. The van der Waals surface area contributed by atoms with Crippen molar-refractivity contribution in [3.8, 4) is 5.69 Å². The van der Waals surface area contributed by atoms with E-state index in [0.29, 0.717) is 33.0 Å². The summed E-state index contributed by atoms with van der Waals surface area (Å²) in [5.41, 5.74) is 2.38. The molecular weight excluding hydrogens is 390 g/mol. The summed E-state index contributed by atoms with van der Waals surface area (Å²) in [7, 11) is 1.66. The normalized spacial score (nSPS) is 11.0. The Morgan fingerprint density at radius 2 is 1.90 bits per heavy atom. The van der Waals surface area contributed by atoms with Crippen molar-refractivity contribution in [1.29, 1.82) is 0 Å². The van der Waals surface area contributed by atoms with Crippen LogP contribution in [0.1, 0.15) is 21.9 Å². The number of aromatic nitrogens is 4. The van der Waals surface area contributed by atoms with Gasteiger partial charge in [-0.25, -0.2) is 9.67 Å². The highest BCUT2D eigenvalue weighted by molar-refractivity contribution is 6.30. The second-order valence-corrected chi connectivity index (χ2v) is 7.16. The van der Waals surface area contributed by atoms with Gasteiger partial charge in [-0.05, 0) is 43.3 Å². The van der Waals surface area contributed by atoms with Crippen molar-refractivity contribution in [2.45, 2.75) is 13.5 Å². The van der Waals surface area contributed by atoms with Crippen LogP contribution in [-0.4, -0.2) is 37.6 Å². The third kappa shape index (κ3) is 3.64. The number of H-pyrrole nitrogens is 1. The number of hydrogen-bond donors (Lipinski definition) is 1. The van der Waals surface area contributed by atoms with Gasteiger partial charge in [0.25, 0.3) is 11.5 Å². The maximum Gasteiger partial charge on any atom is 0.258 e. The summed E-state index contributed by atoms with van der Waals surface area (Å²) in [6.07, 6.45) is 1.54. The fraction of sp³-hybridized carbons (Fsp3) is 0.143. The van der Waals surface area contributed by atoms with E-state index in [1.54, 1.807) is 48.3 Å². The number of nitrogens with zero attached hydrogens (tertiary/aromatic N) is 4. The zero-order valence-corrected chi connectivity index (χ0v) is 16.6. The number of aromatic amines is 1. The van der Waals surface area contributed by atoms with E-state index in [9.17, 15) is 9.59 Å². The average Bonchev–Trinajstić information content (AvgIpc) is 3.09. The lowest BCUT2D eigenvalue weighted by Crippen LogP contribution is -2.28. The summed E-state index contributed by atoms with van der Waals surface area (Å²) in [4.78, 5) is 33.9. The zero-order chi connectivity index (χ0) is 20.5. The van der Waals surface area contributed by atoms with Gasteiger partial charge in [-0.3, -0.25) is 9.59 Å². The lowest BCUT2D eigenvalue weighted by molar-refractivity contribution is 0.0781. The summed E-state index contributed by atoms with van der Waals surface area (Å²) in [5.74, 6) is 0.214. The number of amides is 1. The first kappa shape index (κ1) is 18.9. The molecule has 0 bridgehead atoms. The minimum atomic E-state index is -0.224. The largest absolute Gasteiger partial charge is 0.334 e. The van der Waals surface area contributed by atoms with Crippen LogP contribution < -0.4 is 5.56 Å². The molecule has 2 heterocycles. The number of carbonyl (C=O) groups is 1. The maximum atomic E-state index is 12.9. The zero-order valence-electron chi connectivity index (χ0n) is 15.9. The topological polar surface area (TPSA) is 83.9 Å². The van der Waals surface area contributed by atoms with Crippen LogP contribution in [0.25, 0.3) is 16.6 Å². The molecule has 0 spiro atoms. The molecule has 0 aliphatic heterocycles. The quantitative estimate of drug-likeness (QED) is 0.562. The predicted octanol–water partition coefficient (Wildman–Crippen LogP) is 3.34. The van der Waals surface area contributed by atoms with Gasteiger partial charge < -0.3 is 9.88 Å². The summed E-state index contributed by atoms with van der Waals surface area (Å²) in [6.45, 7) is 2.00. The van der Waals surface area contributed by atoms with Crippen LogP contribution in [0.5, 0.6) is 0 Å². The number of carbonyl (C=O) groups excluding carboxylic acids is 1. The molecule has 1 N–H and O–H groups in total. The van der Waals surface area contributed by atoms with E-state index in [1.165, 1.54) is 4.90 Å². The molecule has 2 aromatic carbocycles. The van der Waals surface area contributed by atoms with E-state index < -0.39 is 0 Å². The van der Waals surface area contributed by atoms with E-state index >= 15 is 0 Å². The van der Waals surface area contributed by atoms with Crippen LogP contribution >= 0.6 is 11.6 Å². The Labute approximate surface area is 171 Å². The number of nitrogens with one attached hydrogen (secondary N) is 1. The molecule has 2 aromatic heterocycles. The molecule has 1 amide bonds. The summed E-state index contributed by atoms with van der Waals surface area (Å²) in [5, 5.41) is 5.48. The van der Waals surface area contributed by atoms with Crippen LogP contribution in [-0.2, 0) is 6.54 Å². The molecule has 0 saturated carbocycles. The molecule has 146 valence electrons. The Morgan fingerprint density at radius 3 is 2.66 bits per heavy atom. The van der Waals surface area contributed by atoms with E-state index in [0.717, 1.165) is 5.69 Å². The van der Waals surface area contributed by atoms with E-state index in [2.05, 4.69) is 15.1 Å². The van der Waals surface area contributed by atoms with Gasteiger partial charge >= 0.3 is 0 Å². The van der Waals surface area contributed by atoms with Crippen LogP contribution in [0, 0.1) is 6.92 Å². The summed E-state index contributed by atoms with van der Waals surface area (Å²) < 4.78 is 1.69. The molecule has 0 radical (unpaired) electrons. The molecule has 8 heteroatoms. The Balaban J connectivity index is 1.59. The molecule has 7 nitrogen and oxygen atoms in total. The summed E-state index contributed by atoms with van der Waals surface area (Å²) >= 11 is 5.94. The number of hydrogen-bond acceptors (Lipinski definition) is 4. The van der Waals surface area contributed by atoms with Crippen molar-refractivity contribution in [3.05, 3.63) is 87.2 Å². The van der Waals surface area contributed by atoms with E-state index in [1.807, 2.05) is 25.1 Å². The number of fused-ring (bicyclic) bond motifs is 1. The van der Waals surface area contributed by atoms with Gasteiger partial charge in [0.1, 0.15) is 5.82 Å². The van der Waals surface area contributed by atoms with Gasteiger partial charge in [-0.15, -0.1) is 0 Å². The van der Waals surface area contributed by atoms with Crippen molar-refractivity contribution < 1.29 is 4.79 Å². The van der Waals surface area contributed by atoms with Gasteiger partial charge in [0.2, 0.25) is 0 Å². The second-order valence-electron chi connectivity index (χ2n) is 6.72. The highest BCUT2D eigenvalue weighted by Gasteiger charge is 2.20. The van der Waals surface area contributed by atoms with Crippen molar-refractivity contribution in [2.75, 3.05) is 7.05 Å². The third-order valence-electron chi connectivity index (χ3n) is 4.71. The number of rotatable bonds is 4. The molecule has 0 aliphatic rings. The fourth-order valence-corrected chi connectivity index (χ4v) is 3.30. The smallest absolute Gasteiger partial charge is 0.258 e. The molecule has 0 fully saturated rings. The standard InChI is InChI=1S/C21H18ClN5O2/c1-13-17(11-23-27(13)15-9-7-14(22)8-10-15)21(29)26(2)12-19-24-18-6-4-3-5-16(18)20(28)25-19/h3-11H,12H2,1-2H3,(H,24,25,28). The van der Waals surface area contributed by atoms with Crippen LogP contribution in [0.15, 0.2) is 59.5 Å². The van der Waals surface area contributed by atoms with Crippen molar-refractivity contribution in [2.24, 2.45) is 0 Å². The van der Waals surface area contributed by atoms with Crippen molar-refractivity contribution in [3.63, 3.8) is 0 Å². The molecule has 4 aromatic rings. The van der Waals surface area contributed by atoms with Gasteiger partial charge in [-0.2, -0.15) is 5.10 Å². The highest BCUT2D eigenvalue weighted by atomic mass is 35.5. The minimum Gasteiger partial charge on any atom is -0.334 e. The van der Waals surface area contributed by atoms with Gasteiger partial charge in [0.15, 0.2) is 0 Å². The van der Waals surface area contributed by atoms with Crippen LogP contribution in [0.2, 0.25) is 5.02 Å². The molecular formula is C21H18ClN5O2. The summed E-state index contributed by atoms with van der Waals surface area (Å²) in [6, 6.07) is 14.3. The van der Waals surface area contributed by atoms with Gasteiger partial charge in [-0.1, -0.05) is 23.7 Å². The van der Waals surface area contributed by atoms with Crippen molar-refractivity contribution >= 4 is 28.4 Å². The molecule has 0 aliphatic carbocycles. The first-order valence-corrected chi connectivity index (χ1v) is 9.36. The minimum absolute atomic E-state index is 0.171. The molecule has 0 atom stereocenters. The maximum absolute atomic E-state index is 12.9. The molecule has 0 unspecified atom stereocenters. The van der Waals surface area contributed by atoms with Crippen molar-refractivity contribution in [1.82, 2.24) is 24.6 Å². The lowest BCUT2D eigenvalue weighted by atomic mass is 10.2. The van der Waals surface area contributed by atoms with Gasteiger partial charge in [0, 0.05) is 12.1 Å². The number of benzene rings is 2. The highest BCUT2D eigenvalue weighted by Crippen LogP contribution is 2.18. The third-order valence-corrected chi connectivity index (χ3v) is 4.96. The Bertz CT molecular complexity index is 1260. The number of para-hydroxylation sites is 1. The lowest BCUT2D eigenvalue weighted by Gasteiger charge is -2.16. The Morgan fingerprint density at radius 1 is 1.17 bits per heavy atom. The van der Waals surface area contributed by atoms with Crippen LogP contribution in [0.4, 0.5) is 0 Å². The number of halogens is 1. The first-order chi connectivity index (χ1) is 13.9. The fourth-order valence-electron chi connectivity index (χ4n) is 3.17. The Hall–Kier alpha value is -3.45. The molecule has 4 rings (SSSR count). The predicted molar refractivity (Wildman–Crippen MR) is 111 cm³/mol. The van der Waals surface area contributed by atoms with Crippen LogP contribution in [0.3, 0.4) is 0 Å². The van der Waals surface area contributed by atoms with E-state index in [-0.39, 0.29) is 18.0 Å². The SMILES string of the molecule is Cc1c(C(=O)N(C)Cc2nc3ccccc3c(=O)[nH]2)cnn1-c1ccc(Cl)cc1. The Kier molecular flexibility index (Phi) is 4.90. The average molecular weight is 408 g/mol. The van der Waals surface area contributed by atoms with Gasteiger partial charge in [0.05, 0.1) is 40.6 Å².